The molecule has 3 rings (SSSR count). The predicted octanol–water partition coefficient (Wildman–Crippen LogP) is 4.00. The molecule has 1 fully saturated rings. The standard InChI is InChI=1S/C30H35F5N2O10/c1-6-19-7-9-20(10-8-19)11-22-27(30(33,34)35)37(21(12-31)13-32)36-28(22)47-29-26(45-18(5)41)25(44-17(4)40)24(43-16(3)39)23(46-29)14-42-15(2)38/h7-10,21,23-26,29H,6,11-14H2,1-5H3/t23-,24-,25+,26-,29+/m1/s1. The molecule has 0 amide bonds. The van der Waals surface area contributed by atoms with Crippen LogP contribution in [0.1, 0.15) is 63.0 Å². The van der Waals surface area contributed by atoms with Gasteiger partial charge in [0.25, 0.3) is 0 Å². The van der Waals surface area contributed by atoms with Crippen LogP contribution < -0.4 is 4.74 Å². The average molecular weight is 679 g/mol. The molecule has 47 heavy (non-hydrogen) atoms. The molecule has 260 valence electrons. The third-order valence-electron chi connectivity index (χ3n) is 6.93. The Hall–Kier alpha value is -4.28. The van der Waals surface area contributed by atoms with Gasteiger partial charge in [0.05, 0.1) is 5.56 Å². The number of nitrogens with zero attached hydrogens (tertiary/aromatic N) is 2. The summed E-state index contributed by atoms with van der Waals surface area (Å²) >= 11 is 0. The zero-order chi connectivity index (χ0) is 35.1. The Morgan fingerprint density at radius 1 is 0.851 bits per heavy atom. The van der Waals surface area contributed by atoms with Crippen LogP contribution in [-0.2, 0) is 61.9 Å². The van der Waals surface area contributed by atoms with Crippen LogP contribution in [0.3, 0.4) is 0 Å². The first-order valence-corrected chi connectivity index (χ1v) is 14.4. The highest BCUT2D eigenvalue weighted by Gasteiger charge is 2.54. The summed E-state index contributed by atoms with van der Waals surface area (Å²) in [6.07, 6.45) is -13.5. The van der Waals surface area contributed by atoms with Crippen LogP contribution in [-0.4, -0.2) is 84.3 Å². The van der Waals surface area contributed by atoms with Crippen molar-refractivity contribution in [2.75, 3.05) is 20.0 Å². The van der Waals surface area contributed by atoms with Crippen LogP contribution >= 0.6 is 0 Å². The van der Waals surface area contributed by atoms with E-state index in [4.69, 9.17) is 28.4 Å². The first-order chi connectivity index (χ1) is 22.1. The van der Waals surface area contributed by atoms with Crippen molar-refractivity contribution in [2.24, 2.45) is 0 Å². The van der Waals surface area contributed by atoms with E-state index in [-0.39, 0.29) is 4.68 Å². The number of aromatic nitrogens is 2. The summed E-state index contributed by atoms with van der Waals surface area (Å²) in [7, 11) is 0. The normalized spacial score (nSPS) is 21.2. The van der Waals surface area contributed by atoms with Gasteiger partial charge in [0.2, 0.25) is 18.3 Å². The van der Waals surface area contributed by atoms with Crippen molar-refractivity contribution in [3.05, 3.63) is 46.6 Å². The van der Waals surface area contributed by atoms with Gasteiger partial charge in [-0.25, -0.2) is 13.5 Å². The van der Waals surface area contributed by atoms with E-state index >= 15 is 0 Å². The van der Waals surface area contributed by atoms with Crippen molar-refractivity contribution in [1.29, 1.82) is 0 Å². The molecular weight excluding hydrogens is 643 g/mol. The van der Waals surface area contributed by atoms with Gasteiger partial charge in [-0.15, -0.1) is 5.10 Å². The van der Waals surface area contributed by atoms with E-state index in [1.54, 1.807) is 24.3 Å². The minimum atomic E-state index is -5.18. The van der Waals surface area contributed by atoms with E-state index in [1.165, 1.54) is 0 Å². The lowest BCUT2D eigenvalue weighted by Gasteiger charge is -2.43. The second-order valence-corrected chi connectivity index (χ2v) is 10.6. The second-order valence-electron chi connectivity index (χ2n) is 10.6. The van der Waals surface area contributed by atoms with E-state index in [0.29, 0.717) is 12.0 Å². The number of esters is 4. The summed E-state index contributed by atoms with van der Waals surface area (Å²) in [5, 5.41) is 3.80. The molecule has 0 saturated carbocycles. The fourth-order valence-electron chi connectivity index (χ4n) is 4.93. The molecule has 5 atom stereocenters. The lowest BCUT2D eigenvalue weighted by atomic mass is 9.98. The van der Waals surface area contributed by atoms with Crippen molar-refractivity contribution in [2.45, 2.75) is 90.4 Å². The Balaban J connectivity index is 2.23. The number of ether oxygens (including phenoxy) is 6. The summed E-state index contributed by atoms with van der Waals surface area (Å²) < 4.78 is 104. The summed E-state index contributed by atoms with van der Waals surface area (Å²) in [5.41, 5.74) is -0.889. The highest BCUT2D eigenvalue weighted by molar-refractivity contribution is 5.68. The topological polar surface area (TPSA) is 141 Å². The first kappa shape index (κ1) is 37.2. The van der Waals surface area contributed by atoms with E-state index < -0.39 is 110 Å². The van der Waals surface area contributed by atoms with E-state index in [1.807, 2.05) is 6.92 Å². The van der Waals surface area contributed by atoms with Crippen molar-refractivity contribution in [3.63, 3.8) is 0 Å². The fourth-order valence-corrected chi connectivity index (χ4v) is 4.93. The lowest BCUT2D eigenvalue weighted by molar-refractivity contribution is -0.289. The molecule has 0 unspecified atom stereocenters. The Morgan fingerprint density at radius 3 is 1.87 bits per heavy atom. The zero-order valence-electron chi connectivity index (χ0n) is 26.2. The summed E-state index contributed by atoms with van der Waals surface area (Å²) in [5.74, 6) is -4.45. The van der Waals surface area contributed by atoms with Gasteiger partial charge in [0.1, 0.15) is 32.1 Å². The molecule has 1 aromatic carbocycles. The van der Waals surface area contributed by atoms with Gasteiger partial charge in [0, 0.05) is 34.1 Å². The highest BCUT2D eigenvalue weighted by atomic mass is 19.4. The molecule has 1 aliphatic rings. The maximum Gasteiger partial charge on any atom is 0.433 e. The van der Waals surface area contributed by atoms with E-state index in [0.717, 1.165) is 33.3 Å². The SMILES string of the molecule is CCc1ccc(Cc2c(O[C@@H]3O[C@H](COC(C)=O)[C@@H](OC(C)=O)[C@H](OC(C)=O)[C@H]3OC(C)=O)nn(C(CF)CF)c2C(F)(F)F)cc1. The molecule has 0 N–H and O–H groups in total. The smallest absolute Gasteiger partial charge is 0.433 e. The number of aryl methyl sites for hydroxylation is 1. The molecule has 0 aliphatic carbocycles. The third-order valence-corrected chi connectivity index (χ3v) is 6.93. The third kappa shape index (κ3) is 9.62. The molecule has 1 aromatic heterocycles. The zero-order valence-corrected chi connectivity index (χ0v) is 26.2. The number of hydrogen-bond acceptors (Lipinski definition) is 11. The summed E-state index contributed by atoms with van der Waals surface area (Å²) in [4.78, 5) is 47.9. The van der Waals surface area contributed by atoms with Crippen LogP contribution in [0.5, 0.6) is 5.88 Å². The van der Waals surface area contributed by atoms with Crippen molar-refractivity contribution < 1.29 is 69.6 Å². The molecule has 0 spiro atoms. The quantitative estimate of drug-likeness (QED) is 0.173. The number of alkyl halides is 5. The van der Waals surface area contributed by atoms with Gasteiger partial charge < -0.3 is 28.4 Å². The Morgan fingerprint density at radius 2 is 1.38 bits per heavy atom. The molecular formula is C30H35F5N2O10. The van der Waals surface area contributed by atoms with Gasteiger partial charge in [-0.05, 0) is 17.5 Å². The molecule has 2 aromatic rings. The second kappa shape index (κ2) is 16.0. The maximum atomic E-state index is 14.6. The number of benzene rings is 1. The van der Waals surface area contributed by atoms with Gasteiger partial charge in [-0.3, -0.25) is 19.2 Å². The molecule has 17 heteroatoms. The Labute approximate surface area is 266 Å². The molecule has 0 bridgehead atoms. The molecule has 0 radical (unpaired) electrons. The van der Waals surface area contributed by atoms with Crippen molar-refractivity contribution in [3.8, 4) is 5.88 Å². The van der Waals surface area contributed by atoms with Crippen LogP contribution in [0.4, 0.5) is 22.0 Å². The Bertz CT molecular complexity index is 1410. The maximum absolute atomic E-state index is 14.6. The van der Waals surface area contributed by atoms with Gasteiger partial charge >= 0.3 is 30.1 Å². The van der Waals surface area contributed by atoms with E-state index in [9.17, 15) is 41.1 Å². The minimum absolute atomic E-state index is 0.135. The van der Waals surface area contributed by atoms with Crippen LogP contribution in [0.2, 0.25) is 0 Å². The number of carbonyl (C=O) groups excluding carboxylic acids is 4. The van der Waals surface area contributed by atoms with Gasteiger partial charge in [-0.2, -0.15) is 13.2 Å². The highest BCUT2D eigenvalue weighted by Crippen LogP contribution is 2.41. The number of carbonyl (C=O) groups is 4. The van der Waals surface area contributed by atoms with Crippen molar-refractivity contribution in [1.82, 2.24) is 9.78 Å². The average Bonchev–Trinajstić information content (AvgIpc) is 3.33. The minimum Gasteiger partial charge on any atom is -0.463 e. The summed E-state index contributed by atoms with van der Waals surface area (Å²) in [6.45, 7) is 2.15. The first-order valence-electron chi connectivity index (χ1n) is 14.4. The molecule has 12 nitrogen and oxygen atoms in total. The number of rotatable bonds is 13. The molecule has 1 saturated heterocycles. The molecule has 1 aliphatic heterocycles. The largest absolute Gasteiger partial charge is 0.463 e. The van der Waals surface area contributed by atoms with Crippen molar-refractivity contribution >= 4 is 23.9 Å². The van der Waals surface area contributed by atoms with Crippen LogP contribution in [0.25, 0.3) is 0 Å². The van der Waals surface area contributed by atoms with Gasteiger partial charge in [-0.1, -0.05) is 31.2 Å². The van der Waals surface area contributed by atoms with Crippen LogP contribution in [0.15, 0.2) is 24.3 Å². The number of hydrogen-bond donors (Lipinski definition) is 0. The van der Waals surface area contributed by atoms with Gasteiger partial charge in [0.15, 0.2) is 17.9 Å². The lowest BCUT2D eigenvalue weighted by Crippen LogP contribution is -2.63. The van der Waals surface area contributed by atoms with E-state index in [2.05, 4.69) is 5.10 Å². The molecule has 2 heterocycles. The summed E-state index contributed by atoms with van der Waals surface area (Å²) in [6, 6.07) is 4.53. The monoisotopic (exact) mass is 678 g/mol. The van der Waals surface area contributed by atoms with Crippen LogP contribution in [0, 0.1) is 0 Å². The Kier molecular flexibility index (Phi) is 12.7. The predicted molar refractivity (Wildman–Crippen MR) is 149 cm³/mol. The fraction of sp³-hybridized carbons (Fsp3) is 0.567. The number of halogens is 5.